The van der Waals surface area contributed by atoms with Crippen molar-refractivity contribution in [3.05, 3.63) is 29.8 Å². The van der Waals surface area contributed by atoms with Gasteiger partial charge in [-0.1, -0.05) is 12.1 Å². The molecule has 1 rings (SSSR count). The van der Waals surface area contributed by atoms with Gasteiger partial charge in [0.25, 0.3) is 0 Å². The van der Waals surface area contributed by atoms with Gasteiger partial charge in [-0.05, 0) is 45.0 Å². The molecule has 0 aliphatic rings. The summed E-state index contributed by atoms with van der Waals surface area (Å²) in [5, 5.41) is 8.64. The number of hydrogen-bond donors (Lipinski definition) is 1. The Morgan fingerprint density at radius 3 is 2.44 bits per heavy atom. The molecule has 0 aliphatic heterocycles. The number of ether oxygens (including phenoxy) is 1. The van der Waals surface area contributed by atoms with Crippen LogP contribution in [0.15, 0.2) is 24.3 Å². The average molecular weight is 251 g/mol. The lowest BCUT2D eigenvalue weighted by Crippen LogP contribution is -2.27. The van der Waals surface area contributed by atoms with E-state index >= 15 is 0 Å². The minimum Gasteiger partial charge on any atom is -0.491 e. The maximum atomic E-state index is 10.5. The molecule has 0 aliphatic carbocycles. The van der Waals surface area contributed by atoms with E-state index in [9.17, 15) is 4.79 Å². The van der Waals surface area contributed by atoms with E-state index in [0.717, 1.165) is 18.7 Å². The topological polar surface area (TPSA) is 49.8 Å². The van der Waals surface area contributed by atoms with Crippen LogP contribution in [-0.2, 0) is 11.2 Å². The number of rotatable bonds is 7. The Morgan fingerprint density at radius 1 is 1.33 bits per heavy atom. The van der Waals surface area contributed by atoms with Crippen LogP contribution < -0.4 is 4.74 Å². The lowest BCUT2D eigenvalue weighted by molar-refractivity contribution is -0.137. The first-order valence-corrected chi connectivity index (χ1v) is 6.13. The van der Waals surface area contributed by atoms with Crippen LogP contribution in [0, 0.1) is 0 Å². The number of aliphatic carboxylic acids is 1. The number of likely N-dealkylation sites (N-methyl/N-ethyl adjacent to an activating group) is 1. The molecule has 0 atom stereocenters. The molecule has 0 heterocycles. The molecule has 0 spiro atoms. The van der Waals surface area contributed by atoms with Crippen LogP contribution in [0.1, 0.15) is 19.4 Å². The fourth-order valence-electron chi connectivity index (χ4n) is 1.64. The van der Waals surface area contributed by atoms with Crippen LogP contribution in [0.5, 0.6) is 5.75 Å². The summed E-state index contributed by atoms with van der Waals surface area (Å²) in [6.07, 6.45) is 1.02. The van der Waals surface area contributed by atoms with Gasteiger partial charge in [0.2, 0.25) is 0 Å². The molecule has 0 aromatic heterocycles. The lowest BCUT2D eigenvalue weighted by atomic mass is 10.1. The standard InChI is InChI=1S/C14H21NO3/c1-11(2)18-13-6-4-12(5-7-13)8-9-15(3)10-14(16)17/h4-7,11H,8-10H2,1-3H3,(H,16,17). The Morgan fingerprint density at radius 2 is 1.94 bits per heavy atom. The zero-order valence-corrected chi connectivity index (χ0v) is 11.2. The Bertz CT molecular complexity index is 373. The minimum absolute atomic E-state index is 0.0779. The third kappa shape index (κ3) is 5.68. The van der Waals surface area contributed by atoms with Crippen molar-refractivity contribution in [2.45, 2.75) is 26.4 Å². The van der Waals surface area contributed by atoms with Gasteiger partial charge in [-0.25, -0.2) is 0 Å². The minimum atomic E-state index is -0.793. The second kappa shape index (κ2) is 7.01. The van der Waals surface area contributed by atoms with Crippen LogP contribution in [0.2, 0.25) is 0 Å². The molecule has 4 heteroatoms. The van der Waals surface area contributed by atoms with Gasteiger partial charge in [0.05, 0.1) is 12.6 Å². The molecule has 0 radical (unpaired) electrons. The SMILES string of the molecule is CC(C)Oc1ccc(CCN(C)CC(=O)O)cc1. The summed E-state index contributed by atoms with van der Waals surface area (Å²) < 4.78 is 5.56. The quantitative estimate of drug-likeness (QED) is 0.805. The highest BCUT2D eigenvalue weighted by Gasteiger charge is 2.04. The highest BCUT2D eigenvalue weighted by molar-refractivity contribution is 5.68. The summed E-state index contributed by atoms with van der Waals surface area (Å²) in [6.45, 7) is 4.80. The summed E-state index contributed by atoms with van der Waals surface area (Å²) in [5.41, 5.74) is 1.18. The van der Waals surface area contributed by atoms with Gasteiger partial charge in [-0.2, -0.15) is 0 Å². The van der Waals surface area contributed by atoms with Crippen LogP contribution in [-0.4, -0.2) is 42.2 Å². The van der Waals surface area contributed by atoms with Crippen molar-refractivity contribution in [2.24, 2.45) is 0 Å². The van der Waals surface area contributed by atoms with E-state index in [1.807, 2.05) is 45.2 Å². The molecule has 100 valence electrons. The van der Waals surface area contributed by atoms with Crippen molar-refractivity contribution in [2.75, 3.05) is 20.1 Å². The van der Waals surface area contributed by atoms with Crippen molar-refractivity contribution in [1.29, 1.82) is 0 Å². The summed E-state index contributed by atoms with van der Waals surface area (Å²) >= 11 is 0. The molecule has 0 saturated carbocycles. The third-order valence-corrected chi connectivity index (χ3v) is 2.48. The Kier molecular flexibility index (Phi) is 5.65. The largest absolute Gasteiger partial charge is 0.491 e. The molecular weight excluding hydrogens is 230 g/mol. The van der Waals surface area contributed by atoms with E-state index in [1.54, 1.807) is 4.90 Å². The first kappa shape index (κ1) is 14.5. The Hall–Kier alpha value is -1.55. The van der Waals surface area contributed by atoms with E-state index in [1.165, 1.54) is 5.56 Å². The number of hydrogen-bond acceptors (Lipinski definition) is 3. The van der Waals surface area contributed by atoms with E-state index in [4.69, 9.17) is 9.84 Å². The predicted molar refractivity (Wildman–Crippen MR) is 71.0 cm³/mol. The molecule has 1 N–H and O–H groups in total. The fourth-order valence-corrected chi connectivity index (χ4v) is 1.64. The van der Waals surface area contributed by atoms with Gasteiger partial charge in [0.15, 0.2) is 0 Å². The van der Waals surface area contributed by atoms with Gasteiger partial charge < -0.3 is 9.84 Å². The van der Waals surface area contributed by atoms with Crippen molar-refractivity contribution in [3.8, 4) is 5.75 Å². The van der Waals surface area contributed by atoms with Gasteiger partial charge in [-0.3, -0.25) is 9.69 Å². The smallest absolute Gasteiger partial charge is 0.317 e. The highest BCUT2D eigenvalue weighted by Crippen LogP contribution is 2.14. The van der Waals surface area contributed by atoms with E-state index in [-0.39, 0.29) is 12.6 Å². The van der Waals surface area contributed by atoms with E-state index in [0.29, 0.717) is 0 Å². The maximum absolute atomic E-state index is 10.5. The first-order chi connectivity index (χ1) is 8.47. The Balaban J connectivity index is 2.41. The van der Waals surface area contributed by atoms with Crippen molar-refractivity contribution in [3.63, 3.8) is 0 Å². The van der Waals surface area contributed by atoms with Crippen molar-refractivity contribution < 1.29 is 14.6 Å². The monoisotopic (exact) mass is 251 g/mol. The molecule has 0 fully saturated rings. The molecule has 0 bridgehead atoms. The summed E-state index contributed by atoms with van der Waals surface area (Å²) in [6, 6.07) is 7.94. The van der Waals surface area contributed by atoms with Gasteiger partial charge in [0, 0.05) is 6.54 Å². The summed E-state index contributed by atoms with van der Waals surface area (Å²) in [4.78, 5) is 12.3. The second-order valence-electron chi connectivity index (χ2n) is 4.69. The molecule has 0 amide bonds. The van der Waals surface area contributed by atoms with Crippen LogP contribution >= 0.6 is 0 Å². The first-order valence-electron chi connectivity index (χ1n) is 6.13. The van der Waals surface area contributed by atoms with Crippen molar-refractivity contribution in [1.82, 2.24) is 4.90 Å². The van der Waals surface area contributed by atoms with Gasteiger partial charge in [0.1, 0.15) is 5.75 Å². The van der Waals surface area contributed by atoms with Gasteiger partial charge >= 0.3 is 5.97 Å². The molecule has 1 aromatic carbocycles. The van der Waals surface area contributed by atoms with E-state index in [2.05, 4.69) is 0 Å². The number of carboxylic acids is 1. The molecule has 0 unspecified atom stereocenters. The molecule has 18 heavy (non-hydrogen) atoms. The fraction of sp³-hybridized carbons (Fsp3) is 0.500. The number of nitrogens with zero attached hydrogens (tertiary/aromatic N) is 1. The normalized spacial score (nSPS) is 10.9. The number of carbonyl (C=O) groups is 1. The Labute approximate surface area is 108 Å². The van der Waals surface area contributed by atoms with Crippen LogP contribution in [0.4, 0.5) is 0 Å². The summed E-state index contributed by atoms with van der Waals surface area (Å²) in [7, 11) is 1.81. The maximum Gasteiger partial charge on any atom is 0.317 e. The highest BCUT2D eigenvalue weighted by atomic mass is 16.5. The molecular formula is C14H21NO3. The summed E-state index contributed by atoms with van der Waals surface area (Å²) in [5.74, 6) is 0.0748. The average Bonchev–Trinajstić information content (AvgIpc) is 2.26. The zero-order valence-electron chi connectivity index (χ0n) is 11.2. The van der Waals surface area contributed by atoms with Crippen molar-refractivity contribution >= 4 is 5.97 Å². The number of carboxylic acid groups (broad SMARTS) is 1. The third-order valence-electron chi connectivity index (χ3n) is 2.48. The zero-order chi connectivity index (χ0) is 13.5. The second-order valence-corrected chi connectivity index (χ2v) is 4.69. The molecule has 1 aromatic rings. The number of benzene rings is 1. The molecule has 0 saturated heterocycles. The molecule has 4 nitrogen and oxygen atoms in total. The van der Waals surface area contributed by atoms with Gasteiger partial charge in [-0.15, -0.1) is 0 Å². The van der Waals surface area contributed by atoms with E-state index < -0.39 is 5.97 Å². The predicted octanol–water partition coefficient (Wildman–Crippen LogP) is 2.03. The lowest BCUT2D eigenvalue weighted by Gasteiger charge is -2.14. The van der Waals surface area contributed by atoms with Crippen LogP contribution in [0.3, 0.4) is 0 Å². The van der Waals surface area contributed by atoms with Crippen LogP contribution in [0.25, 0.3) is 0 Å².